The van der Waals surface area contributed by atoms with Crippen molar-refractivity contribution in [3.63, 3.8) is 0 Å². The summed E-state index contributed by atoms with van der Waals surface area (Å²) < 4.78 is 1.76. The first-order valence-electron chi connectivity index (χ1n) is 11.6. The summed E-state index contributed by atoms with van der Waals surface area (Å²) in [7, 11) is 0. The quantitative estimate of drug-likeness (QED) is 0.772. The van der Waals surface area contributed by atoms with Crippen LogP contribution in [0.4, 0.5) is 0 Å². The second kappa shape index (κ2) is 7.93. The highest BCUT2D eigenvalue weighted by Crippen LogP contribution is 2.48. The number of fused-ring (bicyclic) bond motifs is 4. The summed E-state index contributed by atoms with van der Waals surface area (Å²) in [6.45, 7) is 1.65. The Balaban J connectivity index is 1.58. The second-order valence-electron chi connectivity index (χ2n) is 9.51. The maximum atomic E-state index is 13.5. The Labute approximate surface area is 182 Å². The molecule has 0 spiro atoms. The molecule has 0 aromatic carbocycles. The normalized spacial score (nSPS) is 29.7. The van der Waals surface area contributed by atoms with Crippen LogP contribution in [0.2, 0.25) is 0 Å². The van der Waals surface area contributed by atoms with Crippen LogP contribution in [0.15, 0.2) is 23.0 Å². The lowest BCUT2D eigenvalue weighted by Crippen LogP contribution is -2.49. The molecule has 0 unspecified atom stereocenters. The smallest absolute Gasteiger partial charge is 0.258 e. The number of hydrogen-bond acceptors (Lipinski definition) is 4. The first-order valence-corrected chi connectivity index (χ1v) is 11.6. The van der Waals surface area contributed by atoms with Crippen LogP contribution in [-0.4, -0.2) is 45.1 Å². The molecule has 2 N–H and O–H groups in total. The molecule has 166 valence electrons. The number of rotatable bonds is 4. The van der Waals surface area contributed by atoms with E-state index in [0.29, 0.717) is 12.2 Å². The molecule has 0 radical (unpaired) electrons. The second-order valence-corrected chi connectivity index (χ2v) is 9.51. The number of aliphatic hydroxyl groups is 1. The van der Waals surface area contributed by atoms with Gasteiger partial charge in [-0.05, 0) is 62.7 Å². The molecule has 1 aromatic heterocycles. The van der Waals surface area contributed by atoms with Crippen LogP contribution in [0, 0.1) is 11.8 Å². The van der Waals surface area contributed by atoms with Gasteiger partial charge in [0, 0.05) is 43.3 Å². The minimum atomic E-state index is -0.549. The Morgan fingerprint density at radius 1 is 1.19 bits per heavy atom. The fourth-order valence-corrected chi connectivity index (χ4v) is 6.01. The highest BCUT2D eigenvalue weighted by atomic mass is 16.3. The zero-order valence-electron chi connectivity index (χ0n) is 18.0. The van der Waals surface area contributed by atoms with Gasteiger partial charge in [0.2, 0.25) is 11.8 Å². The highest BCUT2D eigenvalue weighted by molar-refractivity contribution is 5.84. The number of carbonyl (C=O) groups is 2. The van der Waals surface area contributed by atoms with Gasteiger partial charge in [-0.15, -0.1) is 0 Å². The molecule has 2 fully saturated rings. The Morgan fingerprint density at radius 3 is 2.61 bits per heavy atom. The van der Waals surface area contributed by atoms with Gasteiger partial charge in [-0.3, -0.25) is 14.4 Å². The van der Waals surface area contributed by atoms with Crippen LogP contribution in [-0.2, 0) is 16.1 Å². The largest absolute Gasteiger partial charge is 0.396 e. The summed E-state index contributed by atoms with van der Waals surface area (Å²) in [5.41, 5.74) is 2.50. The third kappa shape index (κ3) is 3.25. The van der Waals surface area contributed by atoms with Crippen molar-refractivity contribution in [2.45, 2.75) is 76.5 Å². The maximum absolute atomic E-state index is 13.5. The predicted molar refractivity (Wildman–Crippen MR) is 116 cm³/mol. The summed E-state index contributed by atoms with van der Waals surface area (Å²) in [6, 6.07) is 3.10. The lowest BCUT2D eigenvalue weighted by Gasteiger charge is -2.38. The number of carbonyl (C=O) groups excluding carboxylic acids is 2. The predicted octanol–water partition coefficient (Wildman–Crippen LogP) is 1.98. The van der Waals surface area contributed by atoms with Gasteiger partial charge in [0.05, 0.1) is 18.0 Å². The molecule has 4 aliphatic rings. The fraction of sp³-hybridized carbons (Fsp3) is 0.625. The standard InChI is InChI=1S/C24H31N3O4/c1-14(29)27-20-12-26-19(11-10-17(24(26)31)15-6-3-2-4-7-15)22(27)21(18(20)13-28)23(30)25-16-8-5-9-16/h6,10-11,16,18,20-22,28H,2-5,7-9,12-13H2,1H3,(H,25,30)/t18-,20-,21+,22+/m0/s1. The van der Waals surface area contributed by atoms with E-state index in [1.54, 1.807) is 9.47 Å². The Hall–Kier alpha value is -2.41. The molecule has 3 heterocycles. The SMILES string of the molecule is CC(=O)N1[C@@H]2c3ccc(C4=CCCCC4)c(=O)n3C[C@H]1[C@H](CO)[C@H]2C(=O)NC1CCC1. The lowest BCUT2D eigenvalue weighted by molar-refractivity contribution is -0.134. The number of pyridine rings is 1. The number of nitrogens with zero attached hydrogens (tertiary/aromatic N) is 2. The van der Waals surface area contributed by atoms with Crippen molar-refractivity contribution in [2.75, 3.05) is 6.61 Å². The molecule has 1 saturated carbocycles. The monoisotopic (exact) mass is 425 g/mol. The zero-order chi connectivity index (χ0) is 21.7. The van der Waals surface area contributed by atoms with E-state index in [4.69, 9.17) is 0 Å². The fourth-order valence-electron chi connectivity index (χ4n) is 6.01. The number of nitrogens with one attached hydrogen (secondary N) is 1. The van der Waals surface area contributed by atoms with E-state index >= 15 is 0 Å². The Kier molecular flexibility index (Phi) is 5.24. The summed E-state index contributed by atoms with van der Waals surface area (Å²) in [6.07, 6.45) is 9.38. The molecular formula is C24H31N3O4. The number of aliphatic hydroxyl groups excluding tert-OH is 1. The van der Waals surface area contributed by atoms with E-state index in [0.717, 1.165) is 56.1 Å². The molecule has 2 aliphatic heterocycles. The van der Waals surface area contributed by atoms with Gasteiger partial charge in [-0.2, -0.15) is 0 Å². The molecule has 2 amide bonds. The van der Waals surface area contributed by atoms with Gasteiger partial charge in [0.1, 0.15) is 0 Å². The van der Waals surface area contributed by atoms with Crippen molar-refractivity contribution >= 4 is 17.4 Å². The van der Waals surface area contributed by atoms with Crippen LogP contribution >= 0.6 is 0 Å². The van der Waals surface area contributed by atoms with Gasteiger partial charge in [-0.25, -0.2) is 0 Å². The van der Waals surface area contributed by atoms with Crippen molar-refractivity contribution < 1.29 is 14.7 Å². The average Bonchev–Trinajstić information content (AvgIpc) is 2.99. The van der Waals surface area contributed by atoms with E-state index in [1.807, 2.05) is 12.1 Å². The van der Waals surface area contributed by atoms with Crippen LogP contribution in [0.3, 0.4) is 0 Å². The zero-order valence-corrected chi connectivity index (χ0v) is 18.0. The molecule has 4 atom stereocenters. The van der Waals surface area contributed by atoms with Crippen molar-refractivity contribution in [3.05, 3.63) is 39.8 Å². The third-order valence-corrected chi connectivity index (χ3v) is 7.80. The van der Waals surface area contributed by atoms with Crippen LogP contribution in [0.1, 0.15) is 69.2 Å². The molecule has 2 bridgehead atoms. The van der Waals surface area contributed by atoms with Crippen molar-refractivity contribution in [1.29, 1.82) is 0 Å². The van der Waals surface area contributed by atoms with Gasteiger partial charge < -0.3 is 19.9 Å². The number of hydrogen-bond donors (Lipinski definition) is 2. The van der Waals surface area contributed by atoms with Crippen molar-refractivity contribution in [2.24, 2.45) is 11.8 Å². The summed E-state index contributed by atoms with van der Waals surface area (Å²) in [5.74, 6) is -1.16. The molecular weight excluding hydrogens is 394 g/mol. The van der Waals surface area contributed by atoms with E-state index < -0.39 is 12.0 Å². The first-order chi connectivity index (χ1) is 15.0. The molecule has 31 heavy (non-hydrogen) atoms. The highest BCUT2D eigenvalue weighted by Gasteiger charge is 2.57. The van der Waals surface area contributed by atoms with Gasteiger partial charge in [0.15, 0.2) is 0 Å². The number of amides is 2. The van der Waals surface area contributed by atoms with E-state index in [1.165, 1.54) is 6.92 Å². The topological polar surface area (TPSA) is 91.6 Å². The van der Waals surface area contributed by atoms with Gasteiger partial charge in [0.25, 0.3) is 5.56 Å². The van der Waals surface area contributed by atoms with Crippen LogP contribution in [0.25, 0.3) is 5.57 Å². The van der Waals surface area contributed by atoms with Gasteiger partial charge in [-0.1, -0.05) is 6.08 Å². The molecule has 2 aliphatic carbocycles. The first kappa shape index (κ1) is 20.5. The minimum absolute atomic E-state index is 0.0411. The summed E-state index contributed by atoms with van der Waals surface area (Å²) >= 11 is 0. The molecule has 7 heteroatoms. The van der Waals surface area contributed by atoms with E-state index in [2.05, 4.69) is 11.4 Å². The van der Waals surface area contributed by atoms with E-state index in [-0.39, 0.29) is 42.0 Å². The van der Waals surface area contributed by atoms with E-state index in [9.17, 15) is 19.5 Å². The summed E-state index contributed by atoms with van der Waals surface area (Å²) in [5, 5.41) is 13.3. The molecule has 1 aromatic rings. The Morgan fingerprint density at radius 2 is 2.00 bits per heavy atom. The van der Waals surface area contributed by atoms with Crippen molar-refractivity contribution in [3.8, 4) is 0 Å². The molecule has 5 rings (SSSR count). The van der Waals surface area contributed by atoms with Gasteiger partial charge >= 0.3 is 0 Å². The maximum Gasteiger partial charge on any atom is 0.258 e. The van der Waals surface area contributed by atoms with Crippen LogP contribution in [0.5, 0.6) is 0 Å². The lowest BCUT2D eigenvalue weighted by atomic mass is 9.85. The molecule has 1 saturated heterocycles. The number of aromatic nitrogens is 1. The number of allylic oxidation sites excluding steroid dienone is 2. The average molecular weight is 426 g/mol. The molecule has 7 nitrogen and oxygen atoms in total. The summed E-state index contributed by atoms with van der Waals surface area (Å²) in [4.78, 5) is 41.1. The van der Waals surface area contributed by atoms with Crippen molar-refractivity contribution in [1.82, 2.24) is 14.8 Å². The third-order valence-electron chi connectivity index (χ3n) is 7.80. The minimum Gasteiger partial charge on any atom is -0.396 e. The van der Waals surface area contributed by atoms with Crippen LogP contribution < -0.4 is 10.9 Å². The Bertz CT molecular complexity index is 993.